The smallest absolute Gasteiger partial charge is 0.0636 e. The molecule has 0 aliphatic carbocycles. The van der Waals surface area contributed by atoms with E-state index in [1.807, 2.05) is 18.2 Å². The van der Waals surface area contributed by atoms with Crippen molar-refractivity contribution in [3.8, 4) is 0 Å². The van der Waals surface area contributed by atoms with Gasteiger partial charge in [-0.1, -0.05) is 35.9 Å². The summed E-state index contributed by atoms with van der Waals surface area (Å²) in [7, 11) is 0. The fraction of sp³-hybridized carbons (Fsp3) is 0.231. The normalized spacial score (nSPS) is 10.8. The summed E-state index contributed by atoms with van der Waals surface area (Å²) in [6.07, 6.45) is 2.90. The van der Waals surface area contributed by atoms with E-state index in [-0.39, 0.29) is 0 Å². The Morgan fingerprint density at radius 3 is 2.94 bits per heavy atom. The largest absolute Gasteiger partial charge is 0.311 e. The minimum atomic E-state index is 0.839. The minimum absolute atomic E-state index is 0.839. The van der Waals surface area contributed by atoms with Crippen LogP contribution in [-0.2, 0) is 6.54 Å². The zero-order valence-electron chi connectivity index (χ0n) is 9.00. The Balaban J connectivity index is 2.12. The van der Waals surface area contributed by atoms with E-state index in [9.17, 15) is 0 Å². The number of thiophene rings is 1. The van der Waals surface area contributed by atoms with Crippen molar-refractivity contribution in [3.05, 3.63) is 46.8 Å². The monoisotopic (exact) mass is 251 g/mol. The maximum atomic E-state index is 6.32. The summed E-state index contributed by atoms with van der Waals surface area (Å²) in [6, 6.07) is 8.25. The molecule has 0 amide bonds. The van der Waals surface area contributed by atoms with Crippen LogP contribution in [0.3, 0.4) is 0 Å². The maximum absolute atomic E-state index is 6.32. The van der Waals surface area contributed by atoms with Crippen molar-refractivity contribution in [1.29, 1.82) is 0 Å². The molecular formula is C13H14ClNS. The third-order valence-electron chi connectivity index (χ3n) is 2.41. The molecule has 0 fully saturated rings. The summed E-state index contributed by atoms with van der Waals surface area (Å²) in [5.74, 6) is 0. The number of hydrogen-bond acceptors (Lipinski definition) is 2. The van der Waals surface area contributed by atoms with Crippen molar-refractivity contribution in [2.45, 2.75) is 13.0 Å². The van der Waals surface area contributed by atoms with Gasteiger partial charge in [0.15, 0.2) is 0 Å². The lowest BCUT2D eigenvalue weighted by Crippen LogP contribution is -2.13. The van der Waals surface area contributed by atoms with E-state index in [2.05, 4.69) is 24.0 Å². The summed E-state index contributed by atoms with van der Waals surface area (Å²) in [5.41, 5.74) is 0. The maximum Gasteiger partial charge on any atom is 0.0636 e. The summed E-state index contributed by atoms with van der Waals surface area (Å²) >= 11 is 8.08. The summed E-state index contributed by atoms with van der Waals surface area (Å²) < 4.78 is 1.26. The number of benzene rings is 1. The van der Waals surface area contributed by atoms with Crippen LogP contribution in [0.4, 0.5) is 0 Å². The lowest BCUT2D eigenvalue weighted by atomic mass is 10.2. The van der Waals surface area contributed by atoms with Gasteiger partial charge in [0.05, 0.1) is 5.02 Å². The third kappa shape index (κ3) is 2.46. The highest BCUT2D eigenvalue weighted by atomic mass is 35.5. The summed E-state index contributed by atoms with van der Waals surface area (Å²) in [5, 5.41) is 5.42. The van der Waals surface area contributed by atoms with Crippen LogP contribution in [0.15, 0.2) is 36.9 Å². The van der Waals surface area contributed by atoms with Crippen LogP contribution >= 0.6 is 22.9 Å². The van der Waals surface area contributed by atoms with Gasteiger partial charge in [-0.05, 0) is 19.0 Å². The first-order valence-electron chi connectivity index (χ1n) is 5.30. The number of halogens is 1. The van der Waals surface area contributed by atoms with E-state index in [4.69, 9.17) is 11.6 Å². The Labute approximate surface area is 105 Å². The van der Waals surface area contributed by atoms with Crippen LogP contribution in [-0.4, -0.2) is 6.54 Å². The first-order valence-corrected chi connectivity index (χ1v) is 6.50. The van der Waals surface area contributed by atoms with Crippen molar-refractivity contribution in [3.63, 3.8) is 0 Å². The molecule has 0 aliphatic rings. The lowest BCUT2D eigenvalue weighted by molar-refractivity contribution is 0.703. The molecule has 3 heteroatoms. The van der Waals surface area contributed by atoms with Gasteiger partial charge in [0.25, 0.3) is 0 Å². The van der Waals surface area contributed by atoms with E-state index in [0.717, 1.165) is 29.9 Å². The number of nitrogens with one attached hydrogen (secondary N) is 1. The Hall–Kier alpha value is -0.830. The second-order valence-electron chi connectivity index (χ2n) is 3.59. The van der Waals surface area contributed by atoms with E-state index < -0.39 is 0 Å². The molecule has 1 heterocycles. The van der Waals surface area contributed by atoms with Crippen molar-refractivity contribution >= 4 is 33.0 Å². The Morgan fingerprint density at radius 1 is 1.38 bits per heavy atom. The van der Waals surface area contributed by atoms with Gasteiger partial charge in [0.1, 0.15) is 0 Å². The fourth-order valence-electron chi connectivity index (χ4n) is 1.58. The van der Waals surface area contributed by atoms with Crippen molar-refractivity contribution in [1.82, 2.24) is 5.32 Å². The highest BCUT2D eigenvalue weighted by molar-refractivity contribution is 7.19. The molecule has 1 N–H and O–H groups in total. The molecule has 1 nitrogen and oxygen atoms in total. The molecule has 2 rings (SSSR count). The number of fused-ring (bicyclic) bond motifs is 1. The molecule has 1 aromatic heterocycles. The van der Waals surface area contributed by atoms with E-state index >= 15 is 0 Å². The second-order valence-corrected chi connectivity index (χ2v) is 5.10. The van der Waals surface area contributed by atoms with Crippen LogP contribution in [0, 0.1) is 0 Å². The molecule has 0 spiro atoms. The average Bonchev–Trinajstić information content (AvgIpc) is 2.63. The molecular weight excluding hydrogens is 238 g/mol. The number of rotatable bonds is 5. The molecule has 2 aromatic rings. The van der Waals surface area contributed by atoms with Crippen molar-refractivity contribution in [2.75, 3.05) is 6.54 Å². The van der Waals surface area contributed by atoms with Crippen LogP contribution in [0.25, 0.3) is 10.1 Å². The molecule has 0 bridgehead atoms. The fourth-order valence-corrected chi connectivity index (χ4v) is 3.05. The molecule has 84 valence electrons. The molecule has 0 aliphatic heterocycles. The van der Waals surface area contributed by atoms with Crippen molar-refractivity contribution < 1.29 is 0 Å². The first kappa shape index (κ1) is 11.6. The van der Waals surface area contributed by atoms with Crippen molar-refractivity contribution in [2.24, 2.45) is 0 Å². The van der Waals surface area contributed by atoms with Gasteiger partial charge in [-0.3, -0.25) is 0 Å². The lowest BCUT2D eigenvalue weighted by Gasteiger charge is -2.00. The van der Waals surface area contributed by atoms with Crippen LogP contribution in [0.2, 0.25) is 5.02 Å². The van der Waals surface area contributed by atoms with Gasteiger partial charge in [-0.15, -0.1) is 17.9 Å². The van der Waals surface area contributed by atoms with E-state index in [1.54, 1.807) is 11.3 Å². The Kier molecular flexibility index (Phi) is 3.99. The predicted molar refractivity (Wildman–Crippen MR) is 73.4 cm³/mol. The van der Waals surface area contributed by atoms with Gasteiger partial charge < -0.3 is 5.32 Å². The molecule has 0 unspecified atom stereocenters. The average molecular weight is 252 g/mol. The summed E-state index contributed by atoms with van der Waals surface area (Å²) in [6.45, 7) is 5.49. The SMILES string of the molecule is C=CCCNCc1sc2ccccc2c1Cl. The molecule has 1 aromatic carbocycles. The van der Waals surface area contributed by atoms with Gasteiger partial charge >= 0.3 is 0 Å². The Bertz CT molecular complexity index is 490. The minimum Gasteiger partial charge on any atom is -0.311 e. The van der Waals surface area contributed by atoms with Gasteiger partial charge in [-0.2, -0.15) is 0 Å². The molecule has 0 saturated heterocycles. The third-order valence-corrected chi connectivity index (χ3v) is 4.13. The van der Waals surface area contributed by atoms with E-state index in [1.165, 1.54) is 9.58 Å². The highest BCUT2D eigenvalue weighted by Crippen LogP contribution is 2.34. The van der Waals surface area contributed by atoms with Gasteiger partial charge in [0.2, 0.25) is 0 Å². The first-order chi connectivity index (χ1) is 7.83. The number of hydrogen-bond donors (Lipinski definition) is 1. The van der Waals surface area contributed by atoms with Crippen LogP contribution < -0.4 is 5.32 Å². The topological polar surface area (TPSA) is 12.0 Å². The van der Waals surface area contributed by atoms with E-state index in [0.29, 0.717) is 0 Å². The summed E-state index contributed by atoms with van der Waals surface area (Å²) in [4.78, 5) is 1.21. The molecule has 16 heavy (non-hydrogen) atoms. The van der Waals surface area contributed by atoms with Crippen LogP contribution in [0.5, 0.6) is 0 Å². The highest BCUT2D eigenvalue weighted by Gasteiger charge is 2.08. The standard InChI is InChI=1S/C13H14ClNS/c1-2-3-8-15-9-12-13(14)10-6-4-5-7-11(10)16-12/h2,4-7,15H,1,3,8-9H2. The Morgan fingerprint density at radius 2 is 2.19 bits per heavy atom. The van der Waals surface area contributed by atoms with Gasteiger partial charge in [0, 0.05) is 21.5 Å². The zero-order valence-corrected chi connectivity index (χ0v) is 10.6. The zero-order chi connectivity index (χ0) is 11.4. The second kappa shape index (κ2) is 5.48. The molecule has 0 atom stereocenters. The predicted octanol–water partition coefficient (Wildman–Crippen LogP) is 4.22. The quantitative estimate of drug-likeness (QED) is 0.620. The molecule has 0 radical (unpaired) electrons. The van der Waals surface area contributed by atoms with Gasteiger partial charge in [-0.25, -0.2) is 0 Å². The van der Waals surface area contributed by atoms with Crippen LogP contribution in [0.1, 0.15) is 11.3 Å². The molecule has 0 saturated carbocycles.